The van der Waals surface area contributed by atoms with Gasteiger partial charge in [0.1, 0.15) is 11.6 Å². The quantitative estimate of drug-likeness (QED) is 0.878. The Balaban J connectivity index is 2.42. The van der Waals surface area contributed by atoms with Crippen molar-refractivity contribution in [2.45, 2.75) is 45.1 Å². The van der Waals surface area contributed by atoms with Crippen LogP contribution in [-0.4, -0.2) is 7.11 Å². The standard InChI is InChI=1S/C15H21BrFNO/c1-3-15(6-4-5-7-15)14(18)10-8-11(16)12(17)9-13(10)19-2/h8-9,14H,3-7,18H2,1-2H3. The van der Waals surface area contributed by atoms with Crippen molar-refractivity contribution in [2.24, 2.45) is 11.1 Å². The molecule has 1 fully saturated rings. The Labute approximate surface area is 122 Å². The minimum atomic E-state index is -0.315. The molecule has 0 bridgehead atoms. The van der Waals surface area contributed by atoms with Gasteiger partial charge >= 0.3 is 0 Å². The predicted octanol–water partition coefficient (Wildman–Crippen LogP) is 4.57. The van der Waals surface area contributed by atoms with Gasteiger partial charge in [-0.2, -0.15) is 0 Å². The summed E-state index contributed by atoms with van der Waals surface area (Å²) in [6.45, 7) is 2.19. The maximum atomic E-state index is 13.6. The molecular weight excluding hydrogens is 309 g/mol. The first-order valence-electron chi connectivity index (χ1n) is 6.82. The lowest BCUT2D eigenvalue weighted by molar-refractivity contribution is 0.218. The lowest BCUT2D eigenvalue weighted by Gasteiger charge is -2.35. The van der Waals surface area contributed by atoms with Crippen LogP contribution in [-0.2, 0) is 0 Å². The van der Waals surface area contributed by atoms with Crippen molar-refractivity contribution in [3.8, 4) is 5.75 Å². The molecule has 0 amide bonds. The van der Waals surface area contributed by atoms with Crippen LogP contribution < -0.4 is 10.5 Å². The van der Waals surface area contributed by atoms with Crippen molar-refractivity contribution in [3.05, 3.63) is 28.0 Å². The Morgan fingerprint density at radius 1 is 1.42 bits per heavy atom. The predicted molar refractivity (Wildman–Crippen MR) is 78.8 cm³/mol. The first kappa shape index (κ1) is 14.8. The van der Waals surface area contributed by atoms with Crippen molar-refractivity contribution in [1.82, 2.24) is 0 Å². The third kappa shape index (κ3) is 2.65. The molecule has 2 N–H and O–H groups in total. The zero-order valence-electron chi connectivity index (χ0n) is 11.5. The van der Waals surface area contributed by atoms with E-state index in [-0.39, 0.29) is 17.3 Å². The van der Waals surface area contributed by atoms with Gasteiger partial charge in [0.25, 0.3) is 0 Å². The summed E-state index contributed by atoms with van der Waals surface area (Å²) in [5.74, 6) is 0.234. The van der Waals surface area contributed by atoms with E-state index in [9.17, 15) is 4.39 Å². The molecule has 0 saturated heterocycles. The van der Waals surface area contributed by atoms with Gasteiger partial charge in [0.05, 0.1) is 11.6 Å². The number of ether oxygens (including phenoxy) is 1. The van der Waals surface area contributed by atoms with E-state index in [4.69, 9.17) is 10.5 Å². The van der Waals surface area contributed by atoms with Crippen molar-refractivity contribution in [3.63, 3.8) is 0 Å². The first-order valence-corrected chi connectivity index (χ1v) is 7.62. The molecule has 1 aromatic rings. The van der Waals surface area contributed by atoms with E-state index in [1.54, 1.807) is 13.2 Å². The summed E-state index contributed by atoms with van der Waals surface area (Å²) in [6, 6.07) is 3.08. The zero-order valence-corrected chi connectivity index (χ0v) is 13.1. The molecule has 2 rings (SSSR count). The topological polar surface area (TPSA) is 35.2 Å². The molecule has 1 aromatic carbocycles. The number of hydrogen-bond acceptors (Lipinski definition) is 2. The van der Waals surface area contributed by atoms with Gasteiger partial charge in [-0.3, -0.25) is 0 Å². The van der Waals surface area contributed by atoms with E-state index in [1.807, 2.05) is 0 Å². The minimum absolute atomic E-state index is 0.105. The third-order valence-electron chi connectivity index (χ3n) is 4.57. The van der Waals surface area contributed by atoms with Gasteiger partial charge in [0.15, 0.2) is 0 Å². The van der Waals surface area contributed by atoms with E-state index >= 15 is 0 Å². The fourth-order valence-electron chi connectivity index (χ4n) is 3.26. The Morgan fingerprint density at radius 3 is 2.58 bits per heavy atom. The second-order valence-electron chi connectivity index (χ2n) is 5.41. The molecule has 2 nitrogen and oxygen atoms in total. The van der Waals surface area contributed by atoms with Gasteiger partial charge < -0.3 is 10.5 Å². The van der Waals surface area contributed by atoms with E-state index < -0.39 is 0 Å². The van der Waals surface area contributed by atoms with Crippen molar-refractivity contribution >= 4 is 15.9 Å². The largest absolute Gasteiger partial charge is 0.496 e. The summed E-state index contributed by atoms with van der Waals surface area (Å²) >= 11 is 3.24. The second-order valence-corrected chi connectivity index (χ2v) is 6.26. The normalized spacial score (nSPS) is 19.4. The molecule has 106 valence electrons. The van der Waals surface area contributed by atoms with Crippen molar-refractivity contribution in [1.29, 1.82) is 0 Å². The molecular formula is C15H21BrFNO. The van der Waals surface area contributed by atoms with E-state index in [0.717, 1.165) is 24.8 Å². The molecule has 1 aliphatic rings. The van der Waals surface area contributed by atoms with E-state index in [1.165, 1.54) is 18.9 Å². The van der Waals surface area contributed by atoms with Crippen LogP contribution >= 0.6 is 15.9 Å². The highest BCUT2D eigenvalue weighted by Crippen LogP contribution is 2.50. The van der Waals surface area contributed by atoms with Gasteiger partial charge in [-0.25, -0.2) is 4.39 Å². The average Bonchev–Trinajstić information content (AvgIpc) is 2.90. The molecule has 1 atom stereocenters. The van der Waals surface area contributed by atoms with Crippen molar-refractivity contribution in [2.75, 3.05) is 7.11 Å². The summed E-state index contributed by atoms with van der Waals surface area (Å²) < 4.78 is 19.4. The van der Waals surface area contributed by atoms with Crippen LogP contribution in [0.4, 0.5) is 4.39 Å². The smallest absolute Gasteiger partial charge is 0.141 e. The van der Waals surface area contributed by atoms with Crippen LogP contribution in [0.5, 0.6) is 5.75 Å². The number of methoxy groups -OCH3 is 1. The van der Waals surface area contributed by atoms with Crippen molar-refractivity contribution < 1.29 is 9.13 Å². The number of hydrogen-bond donors (Lipinski definition) is 1. The third-order valence-corrected chi connectivity index (χ3v) is 5.18. The minimum Gasteiger partial charge on any atom is -0.496 e. The summed E-state index contributed by atoms with van der Waals surface area (Å²) in [7, 11) is 1.56. The van der Waals surface area contributed by atoms with Crippen LogP contribution in [0.1, 0.15) is 50.6 Å². The van der Waals surface area contributed by atoms with Gasteiger partial charge in [-0.05, 0) is 46.7 Å². The Morgan fingerprint density at radius 2 is 2.05 bits per heavy atom. The molecule has 0 aliphatic heterocycles. The highest BCUT2D eigenvalue weighted by molar-refractivity contribution is 9.10. The number of rotatable bonds is 4. The lowest BCUT2D eigenvalue weighted by atomic mass is 9.73. The molecule has 1 aliphatic carbocycles. The summed E-state index contributed by atoms with van der Waals surface area (Å²) in [4.78, 5) is 0. The second kappa shape index (κ2) is 5.80. The Kier molecular flexibility index (Phi) is 4.51. The zero-order chi connectivity index (χ0) is 14.0. The maximum Gasteiger partial charge on any atom is 0.141 e. The highest BCUT2D eigenvalue weighted by Gasteiger charge is 2.39. The fraction of sp³-hybridized carbons (Fsp3) is 0.600. The molecule has 0 radical (unpaired) electrons. The average molecular weight is 330 g/mol. The molecule has 0 heterocycles. The highest BCUT2D eigenvalue weighted by atomic mass is 79.9. The van der Waals surface area contributed by atoms with Crippen LogP contribution in [0.25, 0.3) is 0 Å². The Bertz CT molecular complexity index is 458. The van der Waals surface area contributed by atoms with Crippen LogP contribution in [0, 0.1) is 11.2 Å². The molecule has 1 saturated carbocycles. The van der Waals surface area contributed by atoms with Gasteiger partial charge in [0.2, 0.25) is 0 Å². The number of benzene rings is 1. The maximum absolute atomic E-state index is 13.6. The van der Waals surface area contributed by atoms with Crippen LogP contribution in [0.2, 0.25) is 0 Å². The fourth-order valence-corrected chi connectivity index (χ4v) is 3.62. The molecule has 0 aromatic heterocycles. The molecule has 19 heavy (non-hydrogen) atoms. The summed E-state index contributed by atoms with van der Waals surface area (Å²) in [6.07, 6.45) is 5.79. The van der Waals surface area contributed by atoms with E-state index in [0.29, 0.717) is 10.2 Å². The monoisotopic (exact) mass is 329 g/mol. The molecule has 4 heteroatoms. The molecule has 0 spiro atoms. The first-order chi connectivity index (χ1) is 9.04. The Hall–Kier alpha value is -0.610. The SMILES string of the molecule is CCC1(C(N)c2cc(Br)c(F)cc2OC)CCCC1. The summed E-state index contributed by atoms with van der Waals surface area (Å²) in [5, 5.41) is 0. The van der Waals surface area contributed by atoms with Gasteiger partial charge in [0, 0.05) is 17.7 Å². The number of halogens is 2. The summed E-state index contributed by atoms with van der Waals surface area (Å²) in [5.41, 5.74) is 7.55. The van der Waals surface area contributed by atoms with Gasteiger partial charge in [-0.1, -0.05) is 19.8 Å². The molecule has 1 unspecified atom stereocenters. The number of nitrogens with two attached hydrogens (primary N) is 1. The van der Waals surface area contributed by atoms with E-state index in [2.05, 4.69) is 22.9 Å². The van der Waals surface area contributed by atoms with Crippen LogP contribution in [0.15, 0.2) is 16.6 Å². The van der Waals surface area contributed by atoms with Crippen LogP contribution in [0.3, 0.4) is 0 Å². The lowest BCUT2D eigenvalue weighted by Crippen LogP contribution is -2.32. The van der Waals surface area contributed by atoms with Gasteiger partial charge in [-0.15, -0.1) is 0 Å².